The molecular weight excluding hydrogens is 557 g/mol. The SMILES string of the molecule is COC(=O)C1=C(C)N(c2cccc(C(F)(F)F)c2)c2n[nH]c(=O)n2[C@@H]1c1ccc(C#N)cc1CC(N)(CCO)CCO. The number of aliphatic hydroxyl groups is 2. The molecule has 1 aliphatic heterocycles. The van der Waals surface area contributed by atoms with E-state index >= 15 is 0 Å². The zero-order chi connectivity index (χ0) is 30.8. The number of esters is 1. The maximum atomic E-state index is 13.6. The third kappa shape index (κ3) is 5.67. The number of ether oxygens (including phenoxy) is 1. The average molecular weight is 587 g/mol. The summed E-state index contributed by atoms with van der Waals surface area (Å²) in [4.78, 5) is 27.9. The van der Waals surface area contributed by atoms with Crippen molar-refractivity contribution in [1.82, 2.24) is 14.8 Å². The minimum absolute atomic E-state index is 0.00523. The fourth-order valence-electron chi connectivity index (χ4n) is 5.30. The molecule has 14 heteroatoms. The summed E-state index contributed by atoms with van der Waals surface area (Å²) in [5.41, 5.74) is 4.88. The summed E-state index contributed by atoms with van der Waals surface area (Å²) in [6.07, 6.45) is -4.40. The fraction of sp³-hybridized carbons (Fsp3) is 0.357. The number of nitrogens with zero attached hydrogens (tertiary/aromatic N) is 4. The summed E-state index contributed by atoms with van der Waals surface area (Å²) in [7, 11) is 1.13. The maximum Gasteiger partial charge on any atom is 0.416 e. The lowest BCUT2D eigenvalue weighted by molar-refractivity contribution is -0.138. The van der Waals surface area contributed by atoms with Crippen LogP contribution in [0, 0.1) is 11.3 Å². The van der Waals surface area contributed by atoms with Gasteiger partial charge in [0.05, 0.1) is 29.9 Å². The van der Waals surface area contributed by atoms with Crippen molar-refractivity contribution >= 4 is 17.6 Å². The number of hydrogen-bond acceptors (Lipinski definition) is 9. The molecule has 0 saturated heterocycles. The first-order chi connectivity index (χ1) is 19.9. The van der Waals surface area contributed by atoms with Gasteiger partial charge in [-0.3, -0.25) is 4.90 Å². The molecule has 0 bridgehead atoms. The number of aromatic amines is 1. The van der Waals surface area contributed by atoms with Gasteiger partial charge in [0.2, 0.25) is 5.95 Å². The van der Waals surface area contributed by atoms with Crippen LogP contribution in [-0.2, 0) is 22.1 Å². The molecule has 11 nitrogen and oxygen atoms in total. The lowest BCUT2D eigenvalue weighted by Gasteiger charge is -2.37. The number of anilines is 2. The molecule has 0 unspecified atom stereocenters. The van der Waals surface area contributed by atoms with E-state index in [0.29, 0.717) is 11.1 Å². The number of aliphatic hydroxyl groups excluding tert-OH is 2. The van der Waals surface area contributed by atoms with E-state index < -0.39 is 35.0 Å². The Morgan fingerprint density at radius 1 is 1.19 bits per heavy atom. The minimum atomic E-state index is -4.66. The summed E-state index contributed by atoms with van der Waals surface area (Å²) >= 11 is 0. The van der Waals surface area contributed by atoms with Crippen molar-refractivity contribution in [2.75, 3.05) is 25.2 Å². The number of carbonyl (C=O) groups is 1. The number of aromatic nitrogens is 3. The summed E-state index contributed by atoms with van der Waals surface area (Å²) in [6.45, 7) is 0.935. The number of halogens is 3. The van der Waals surface area contributed by atoms with Gasteiger partial charge in [0, 0.05) is 30.1 Å². The Morgan fingerprint density at radius 3 is 2.48 bits per heavy atom. The molecule has 0 radical (unpaired) electrons. The number of hydrogen-bond donors (Lipinski definition) is 4. The van der Waals surface area contributed by atoms with Gasteiger partial charge < -0.3 is 20.7 Å². The van der Waals surface area contributed by atoms with Crippen molar-refractivity contribution in [3.63, 3.8) is 0 Å². The van der Waals surface area contributed by atoms with Gasteiger partial charge in [0.25, 0.3) is 0 Å². The third-order valence-electron chi connectivity index (χ3n) is 7.31. The Morgan fingerprint density at radius 2 is 1.88 bits per heavy atom. The van der Waals surface area contributed by atoms with E-state index in [4.69, 9.17) is 10.5 Å². The first kappa shape index (κ1) is 30.5. The summed E-state index contributed by atoms with van der Waals surface area (Å²) in [5, 5.41) is 35.3. The number of nitrogens with one attached hydrogen (secondary N) is 1. The van der Waals surface area contributed by atoms with Crippen LogP contribution in [0.15, 0.2) is 58.5 Å². The number of benzene rings is 2. The number of fused-ring (bicyclic) bond motifs is 1. The molecule has 1 aliphatic rings. The van der Waals surface area contributed by atoms with E-state index in [-0.39, 0.29) is 60.9 Å². The molecular formula is C28H29F3N6O5. The summed E-state index contributed by atoms with van der Waals surface area (Å²) in [5.74, 6) is -0.942. The molecule has 0 amide bonds. The Balaban J connectivity index is 2.01. The van der Waals surface area contributed by atoms with Gasteiger partial charge >= 0.3 is 17.8 Å². The second-order valence-corrected chi connectivity index (χ2v) is 9.99. The van der Waals surface area contributed by atoms with E-state index in [1.54, 1.807) is 12.1 Å². The lowest BCUT2D eigenvalue weighted by atomic mass is 9.81. The monoisotopic (exact) mass is 586 g/mol. The van der Waals surface area contributed by atoms with Gasteiger partial charge in [-0.2, -0.15) is 18.4 Å². The topological polar surface area (TPSA) is 170 Å². The van der Waals surface area contributed by atoms with Gasteiger partial charge in [-0.1, -0.05) is 12.1 Å². The number of nitrogens with two attached hydrogens (primary N) is 1. The number of nitriles is 1. The van der Waals surface area contributed by atoms with Crippen molar-refractivity contribution in [3.05, 3.63) is 86.5 Å². The smallest absolute Gasteiger partial charge is 0.416 e. The highest BCUT2D eigenvalue weighted by atomic mass is 19.4. The molecule has 0 spiro atoms. The van der Waals surface area contributed by atoms with Crippen LogP contribution >= 0.6 is 0 Å². The predicted molar refractivity (Wildman–Crippen MR) is 144 cm³/mol. The highest BCUT2D eigenvalue weighted by Crippen LogP contribution is 2.44. The van der Waals surface area contributed by atoms with Gasteiger partial charge in [0.15, 0.2) is 0 Å². The second-order valence-electron chi connectivity index (χ2n) is 9.99. The molecule has 1 aromatic heterocycles. The van der Waals surface area contributed by atoms with Crippen molar-refractivity contribution < 1.29 is 32.9 Å². The molecule has 2 aromatic carbocycles. The molecule has 0 saturated carbocycles. The molecule has 5 N–H and O–H groups in total. The lowest BCUT2D eigenvalue weighted by Crippen LogP contribution is -2.44. The Labute approximate surface area is 238 Å². The Bertz CT molecular complexity index is 1610. The van der Waals surface area contributed by atoms with Crippen LogP contribution in [0.2, 0.25) is 0 Å². The number of rotatable bonds is 9. The molecule has 42 heavy (non-hydrogen) atoms. The van der Waals surface area contributed by atoms with Crippen molar-refractivity contribution in [1.29, 1.82) is 5.26 Å². The highest BCUT2D eigenvalue weighted by Gasteiger charge is 2.41. The van der Waals surface area contributed by atoms with Gasteiger partial charge in [-0.15, -0.1) is 5.10 Å². The first-order valence-corrected chi connectivity index (χ1v) is 12.9. The standard InChI is InChI=1S/C28H29F3N6O5/c1-16-22(24(40)42-2)23(21-7-6-17(15-32)12-18(21)14-27(33,8-10-38)9-11-39)37-25(34-35-26(37)41)36(16)20-5-3-4-19(13-20)28(29,30)31/h3-7,12-13,23,38-39H,8-11,14,33H2,1-2H3,(H,35,41)/t23-/m1/s1. The van der Waals surface area contributed by atoms with Crippen LogP contribution in [0.1, 0.15) is 48.1 Å². The molecule has 2 heterocycles. The van der Waals surface area contributed by atoms with Crippen LogP contribution in [0.5, 0.6) is 0 Å². The number of allylic oxidation sites excluding steroid dienone is 1. The Kier molecular flexibility index (Phi) is 8.58. The van der Waals surface area contributed by atoms with Crippen molar-refractivity contribution in [2.45, 2.75) is 43.9 Å². The van der Waals surface area contributed by atoms with Gasteiger partial charge in [0.1, 0.15) is 6.04 Å². The van der Waals surface area contributed by atoms with Crippen molar-refractivity contribution in [3.8, 4) is 6.07 Å². The maximum absolute atomic E-state index is 13.6. The fourth-order valence-corrected chi connectivity index (χ4v) is 5.30. The number of alkyl halides is 3. The third-order valence-corrected chi connectivity index (χ3v) is 7.31. The van der Waals surface area contributed by atoms with Crippen LogP contribution in [0.3, 0.4) is 0 Å². The van der Waals surface area contributed by atoms with E-state index in [1.165, 1.54) is 30.0 Å². The molecule has 0 fully saturated rings. The second kappa shape index (κ2) is 11.8. The largest absolute Gasteiger partial charge is 0.466 e. The number of methoxy groups -OCH3 is 1. The molecule has 0 aliphatic carbocycles. The van der Waals surface area contributed by atoms with Crippen molar-refractivity contribution in [2.24, 2.45) is 5.73 Å². The molecule has 3 aromatic rings. The van der Waals surface area contributed by atoms with Crippen LogP contribution < -0.4 is 16.3 Å². The zero-order valence-corrected chi connectivity index (χ0v) is 22.8. The Hall–Kier alpha value is -4.45. The first-order valence-electron chi connectivity index (χ1n) is 12.9. The van der Waals surface area contributed by atoms with E-state index in [0.717, 1.165) is 23.8 Å². The number of carbonyl (C=O) groups excluding carboxylic acids is 1. The van der Waals surface area contributed by atoms with E-state index in [1.807, 2.05) is 6.07 Å². The summed E-state index contributed by atoms with van der Waals surface area (Å²) < 4.78 is 46.9. The van der Waals surface area contributed by atoms with Gasteiger partial charge in [-0.25, -0.2) is 19.3 Å². The molecule has 1 atom stereocenters. The molecule has 222 valence electrons. The van der Waals surface area contributed by atoms with Gasteiger partial charge in [-0.05, 0) is 67.6 Å². The van der Waals surface area contributed by atoms with Crippen LogP contribution in [0.25, 0.3) is 0 Å². The zero-order valence-electron chi connectivity index (χ0n) is 22.8. The number of H-pyrrole nitrogens is 1. The summed E-state index contributed by atoms with van der Waals surface area (Å²) in [6, 6.07) is 9.80. The van der Waals surface area contributed by atoms with Crippen LogP contribution in [-0.4, -0.2) is 56.8 Å². The average Bonchev–Trinajstić information content (AvgIpc) is 3.32. The minimum Gasteiger partial charge on any atom is -0.466 e. The van der Waals surface area contributed by atoms with Crippen LogP contribution in [0.4, 0.5) is 24.8 Å². The highest BCUT2D eigenvalue weighted by molar-refractivity contribution is 5.93. The normalized spacial score (nSPS) is 15.4. The van der Waals surface area contributed by atoms with E-state index in [9.17, 15) is 38.2 Å². The quantitative estimate of drug-likeness (QED) is 0.275. The predicted octanol–water partition coefficient (Wildman–Crippen LogP) is 2.65. The van der Waals surface area contributed by atoms with E-state index in [2.05, 4.69) is 10.2 Å². The molecule has 4 rings (SSSR count).